The Bertz CT molecular complexity index is 2090. The summed E-state index contributed by atoms with van der Waals surface area (Å²) in [6.07, 6.45) is 0. The first-order valence-corrected chi connectivity index (χ1v) is 15.9. The van der Waals surface area contributed by atoms with Gasteiger partial charge in [0.15, 0.2) is 34.5 Å². The van der Waals surface area contributed by atoms with E-state index in [0.717, 1.165) is 0 Å². The number of nitrogens with zero attached hydrogens (tertiary/aromatic N) is 3. The third kappa shape index (κ3) is 12.6. The van der Waals surface area contributed by atoms with Crippen molar-refractivity contribution in [2.24, 2.45) is 0 Å². The average molecular weight is 805 g/mol. The topological polar surface area (TPSA) is 193 Å². The van der Waals surface area contributed by atoms with Crippen LogP contribution in [0.1, 0.15) is 0 Å². The van der Waals surface area contributed by atoms with Crippen molar-refractivity contribution < 1.29 is 54.8 Å². The van der Waals surface area contributed by atoms with Crippen LogP contribution in [0, 0.1) is 0 Å². The normalized spacial score (nSPS) is 10.5. The standard InChI is InChI=1S/3C12H10F2N2O3/c3*1-18-10-6-7(2-4-9(10)19-12(13)14)8-3-5-11(17)16-15-8/h3*2-6,12H,1H3,(H,16,17). The second-order valence-corrected chi connectivity index (χ2v) is 10.7. The maximum atomic E-state index is 12.2. The van der Waals surface area contributed by atoms with Crippen LogP contribution >= 0.6 is 0 Å². The molecule has 0 aliphatic carbocycles. The van der Waals surface area contributed by atoms with Crippen LogP contribution in [0.5, 0.6) is 34.5 Å². The van der Waals surface area contributed by atoms with Crippen molar-refractivity contribution in [3.05, 3.63) is 122 Å². The van der Waals surface area contributed by atoms with Crippen molar-refractivity contribution >= 4 is 0 Å². The molecule has 21 heteroatoms. The molecule has 57 heavy (non-hydrogen) atoms. The molecule has 3 N–H and O–H groups in total. The number of halogens is 6. The monoisotopic (exact) mass is 804 g/mol. The zero-order valence-corrected chi connectivity index (χ0v) is 29.7. The van der Waals surface area contributed by atoms with E-state index in [-0.39, 0.29) is 51.2 Å². The number of aromatic amines is 3. The summed E-state index contributed by atoms with van der Waals surface area (Å²) in [6, 6.07) is 21.7. The highest BCUT2D eigenvalue weighted by Gasteiger charge is 2.15. The Hall–Kier alpha value is -7.32. The number of rotatable bonds is 12. The van der Waals surface area contributed by atoms with Crippen LogP contribution in [0.4, 0.5) is 26.3 Å². The number of ether oxygens (including phenoxy) is 6. The molecule has 3 aromatic heterocycles. The fourth-order valence-corrected chi connectivity index (χ4v) is 4.58. The Morgan fingerprint density at radius 3 is 0.860 bits per heavy atom. The number of alkyl halides is 6. The van der Waals surface area contributed by atoms with Crippen LogP contribution in [0.15, 0.2) is 105 Å². The molecular formula is C36H30F6N6O9. The molecule has 6 aromatic rings. The van der Waals surface area contributed by atoms with Crippen molar-refractivity contribution in [2.75, 3.05) is 21.3 Å². The van der Waals surface area contributed by atoms with E-state index in [4.69, 9.17) is 14.2 Å². The van der Waals surface area contributed by atoms with Crippen LogP contribution in [-0.4, -0.2) is 71.8 Å². The minimum absolute atomic E-state index is 0.0642. The fraction of sp³-hybridized carbons (Fsp3) is 0.167. The van der Waals surface area contributed by atoms with Gasteiger partial charge in [-0.3, -0.25) is 14.4 Å². The third-order valence-corrected chi connectivity index (χ3v) is 7.06. The molecule has 0 bridgehead atoms. The molecule has 0 fully saturated rings. The maximum Gasteiger partial charge on any atom is 0.387 e. The second kappa shape index (κ2) is 20.4. The molecule has 0 saturated carbocycles. The molecule has 0 radical (unpaired) electrons. The summed E-state index contributed by atoms with van der Waals surface area (Å²) in [7, 11) is 4.03. The quantitative estimate of drug-likeness (QED) is 0.120. The fourth-order valence-electron chi connectivity index (χ4n) is 4.58. The highest BCUT2D eigenvalue weighted by atomic mass is 19.3. The van der Waals surface area contributed by atoms with E-state index in [2.05, 4.69) is 44.8 Å². The molecule has 300 valence electrons. The largest absolute Gasteiger partial charge is 0.493 e. The molecule has 0 spiro atoms. The summed E-state index contributed by atoms with van der Waals surface area (Å²) in [4.78, 5) is 32.7. The van der Waals surface area contributed by atoms with Crippen LogP contribution in [0.2, 0.25) is 0 Å². The van der Waals surface area contributed by atoms with E-state index in [1.807, 2.05) is 0 Å². The minimum Gasteiger partial charge on any atom is -0.493 e. The van der Waals surface area contributed by atoms with Gasteiger partial charge in [0.25, 0.3) is 16.7 Å². The number of benzene rings is 3. The molecule has 0 aliphatic heterocycles. The van der Waals surface area contributed by atoms with Gasteiger partial charge < -0.3 is 28.4 Å². The molecule has 0 aliphatic rings. The highest BCUT2D eigenvalue weighted by molar-refractivity contribution is 5.65. The van der Waals surface area contributed by atoms with Crippen LogP contribution in [-0.2, 0) is 0 Å². The van der Waals surface area contributed by atoms with Gasteiger partial charge in [-0.25, -0.2) is 15.3 Å². The lowest BCUT2D eigenvalue weighted by molar-refractivity contribution is -0.0518. The second-order valence-electron chi connectivity index (χ2n) is 10.7. The van der Waals surface area contributed by atoms with E-state index in [9.17, 15) is 40.7 Å². The Kier molecular flexibility index (Phi) is 15.2. The van der Waals surface area contributed by atoms with E-state index in [1.165, 1.54) is 94.1 Å². The first-order chi connectivity index (χ1) is 27.3. The maximum absolute atomic E-state index is 12.2. The molecular weight excluding hydrogens is 774 g/mol. The first kappa shape index (κ1) is 42.4. The van der Waals surface area contributed by atoms with Crippen molar-refractivity contribution in [3.8, 4) is 68.3 Å². The number of aromatic nitrogens is 6. The van der Waals surface area contributed by atoms with E-state index in [1.54, 1.807) is 18.2 Å². The highest BCUT2D eigenvalue weighted by Crippen LogP contribution is 2.34. The molecule has 6 rings (SSSR count). The Morgan fingerprint density at radius 2 is 0.667 bits per heavy atom. The van der Waals surface area contributed by atoms with Crippen molar-refractivity contribution in [2.45, 2.75) is 19.8 Å². The van der Waals surface area contributed by atoms with E-state index in [0.29, 0.717) is 33.8 Å². The van der Waals surface area contributed by atoms with Gasteiger partial charge in [-0.15, -0.1) is 0 Å². The van der Waals surface area contributed by atoms with Gasteiger partial charge in [0.05, 0.1) is 38.4 Å². The predicted octanol–water partition coefficient (Wildman–Crippen LogP) is 6.14. The summed E-state index contributed by atoms with van der Waals surface area (Å²) in [5.74, 6) is 0.282. The average Bonchev–Trinajstić information content (AvgIpc) is 3.19. The molecule has 0 unspecified atom stereocenters. The van der Waals surface area contributed by atoms with Gasteiger partial charge in [0, 0.05) is 34.9 Å². The molecule has 0 saturated heterocycles. The van der Waals surface area contributed by atoms with Gasteiger partial charge in [-0.2, -0.15) is 41.6 Å². The number of nitrogens with one attached hydrogen (secondary N) is 3. The molecule has 15 nitrogen and oxygen atoms in total. The third-order valence-electron chi connectivity index (χ3n) is 7.06. The van der Waals surface area contributed by atoms with Gasteiger partial charge in [-0.1, -0.05) is 0 Å². The molecule has 0 amide bonds. The zero-order valence-electron chi connectivity index (χ0n) is 29.7. The lowest BCUT2D eigenvalue weighted by Gasteiger charge is -2.10. The van der Waals surface area contributed by atoms with Crippen LogP contribution in [0.3, 0.4) is 0 Å². The summed E-state index contributed by atoms with van der Waals surface area (Å²) < 4.78 is 101. The number of H-pyrrole nitrogens is 3. The lowest BCUT2D eigenvalue weighted by atomic mass is 10.1. The summed E-state index contributed by atoms with van der Waals surface area (Å²) in [6.45, 7) is -8.78. The first-order valence-electron chi connectivity index (χ1n) is 15.9. The zero-order chi connectivity index (χ0) is 41.5. The SMILES string of the molecule is COc1cc(-c2ccc(=O)[nH]n2)ccc1OC(F)F.COc1cc(-c2ccc(=O)[nH]n2)ccc1OC(F)F.COc1cc(-c2ccc(=O)[nH]n2)ccc1OC(F)F. The van der Waals surface area contributed by atoms with E-state index < -0.39 is 19.8 Å². The molecule has 3 heterocycles. The lowest BCUT2D eigenvalue weighted by Crippen LogP contribution is -2.06. The van der Waals surface area contributed by atoms with Crippen molar-refractivity contribution in [1.82, 2.24) is 30.6 Å². The number of hydrogen-bond donors (Lipinski definition) is 3. The molecule has 0 atom stereocenters. The number of hydrogen-bond acceptors (Lipinski definition) is 12. The van der Waals surface area contributed by atoms with Crippen molar-refractivity contribution in [3.63, 3.8) is 0 Å². The summed E-state index contributed by atoms with van der Waals surface area (Å²) >= 11 is 0. The van der Waals surface area contributed by atoms with Gasteiger partial charge in [-0.05, 0) is 72.8 Å². The smallest absolute Gasteiger partial charge is 0.387 e. The van der Waals surface area contributed by atoms with Crippen molar-refractivity contribution in [1.29, 1.82) is 0 Å². The van der Waals surface area contributed by atoms with Crippen LogP contribution in [0.25, 0.3) is 33.8 Å². The van der Waals surface area contributed by atoms with E-state index >= 15 is 0 Å². The number of methoxy groups -OCH3 is 3. The van der Waals surface area contributed by atoms with Gasteiger partial charge in [0.2, 0.25) is 0 Å². The van der Waals surface area contributed by atoms with Crippen LogP contribution < -0.4 is 45.1 Å². The van der Waals surface area contributed by atoms with Gasteiger partial charge in [0.1, 0.15) is 0 Å². The summed E-state index contributed by atoms with van der Waals surface area (Å²) in [5.41, 5.74) is 2.30. The minimum atomic E-state index is -2.93. The predicted molar refractivity (Wildman–Crippen MR) is 190 cm³/mol. The molecule has 3 aromatic carbocycles. The van der Waals surface area contributed by atoms with Gasteiger partial charge >= 0.3 is 19.8 Å². The Labute approximate surface area is 316 Å². The summed E-state index contributed by atoms with van der Waals surface area (Å²) in [5, 5.41) is 18.4. The Balaban J connectivity index is 0.000000189. The Morgan fingerprint density at radius 1 is 0.404 bits per heavy atom.